The van der Waals surface area contributed by atoms with E-state index in [1.165, 1.54) is 30.6 Å². The summed E-state index contributed by atoms with van der Waals surface area (Å²) in [6, 6.07) is 9.28. The SMILES string of the molecule is O=C(CN(CC1CCCCC1)C(=O)[C@H](Cl)c1ccccc1)Nc1nccs1. The summed E-state index contributed by atoms with van der Waals surface area (Å²) in [4.78, 5) is 31.2. The molecule has 5 nitrogen and oxygen atoms in total. The summed E-state index contributed by atoms with van der Waals surface area (Å²) >= 11 is 7.82. The lowest BCUT2D eigenvalue weighted by Crippen LogP contribution is -2.42. The zero-order valence-electron chi connectivity index (χ0n) is 15.1. The number of halogens is 1. The highest BCUT2D eigenvalue weighted by Gasteiger charge is 2.28. The van der Waals surface area contributed by atoms with Crippen molar-refractivity contribution in [3.63, 3.8) is 0 Å². The van der Waals surface area contributed by atoms with Gasteiger partial charge in [-0.3, -0.25) is 9.59 Å². The van der Waals surface area contributed by atoms with Crippen molar-refractivity contribution in [2.75, 3.05) is 18.4 Å². The molecule has 2 aromatic rings. The van der Waals surface area contributed by atoms with Gasteiger partial charge in [0.2, 0.25) is 11.8 Å². The van der Waals surface area contributed by atoms with Gasteiger partial charge in [0.1, 0.15) is 5.38 Å². The van der Waals surface area contributed by atoms with Crippen LogP contribution in [0.4, 0.5) is 5.13 Å². The van der Waals surface area contributed by atoms with Crippen molar-refractivity contribution in [2.24, 2.45) is 5.92 Å². The van der Waals surface area contributed by atoms with Crippen LogP contribution in [0, 0.1) is 5.92 Å². The maximum Gasteiger partial charge on any atom is 0.245 e. The molecule has 0 bridgehead atoms. The molecular weight excluding hydrogens is 382 g/mol. The molecule has 0 aliphatic heterocycles. The smallest absolute Gasteiger partial charge is 0.245 e. The van der Waals surface area contributed by atoms with E-state index in [0.29, 0.717) is 17.6 Å². The monoisotopic (exact) mass is 405 g/mol. The fourth-order valence-corrected chi connectivity index (χ4v) is 4.28. The molecule has 0 saturated heterocycles. The number of amides is 2. The summed E-state index contributed by atoms with van der Waals surface area (Å²) in [7, 11) is 0. The number of rotatable bonds is 7. The highest BCUT2D eigenvalue weighted by Crippen LogP contribution is 2.27. The number of nitrogens with one attached hydrogen (secondary N) is 1. The minimum absolute atomic E-state index is 0.00896. The molecule has 1 fully saturated rings. The molecule has 3 rings (SSSR count). The van der Waals surface area contributed by atoms with E-state index in [2.05, 4.69) is 10.3 Å². The van der Waals surface area contributed by atoms with E-state index in [-0.39, 0.29) is 18.4 Å². The second-order valence-corrected chi connectivity index (χ2v) is 8.21. The third-order valence-electron chi connectivity index (χ3n) is 4.84. The number of carbonyl (C=O) groups is 2. The van der Waals surface area contributed by atoms with Gasteiger partial charge in [-0.25, -0.2) is 4.98 Å². The standard InChI is InChI=1S/C20H24ClN3O2S/c21-18(16-9-5-2-6-10-16)19(26)24(13-15-7-3-1-4-8-15)14-17(25)23-20-22-11-12-27-20/h2,5-6,9-12,15,18H,1,3-4,7-8,13-14H2,(H,22,23,25)/t18-/m1/s1. The summed E-state index contributed by atoms with van der Waals surface area (Å²) in [6.45, 7) is 0.561. The van der Waals surface area contributed by atoms with Gasteiger partial charge in [-0.2, -0.15) is 0 Å². The Bertz CT molecular complexity index is 733. The largest absolute Gasteiger partial charge is 0.332 e. The molecule has 0 unspecified atom stereocenters. The van der Waals surface area contributed by atoms with Crippen LogP contribution < -0.4 is 5.32 Å². The van der Waals surface area contributed by atoms with Crippen LogP contribution in [0.2, 0.25) is 0 Å². The van der Waals surface area contributed by atoms with Gasteiger partial charge >= 0.3 is 0 Å². The highest BCUT2D eigenvalue weighted by atomic mass is 35.5. The van der Waals surface area contributed by atoms with Crippen LogP contribution in [0.1, 0.15) is 43.0 Å². The first-order chi connectivity index (χ1) is 13.1. The normalized spacial score (nSPS) is 15.9. The molecule has 144 valence electrons. The van der Waals surface area contributed by atoms with Crippen molar-refractivity contribution in [1.29, 1.82) is 0 Å². The molecule has 1 atom stereocenters. The molecular formula is C20H24ClN3O2S. The molecule has 2 amide bonds. The van der Waals surface area contributed by atoms with Crippen LogP contribution in [-0.2, 0) is 9.59 Å². The summed E-state index contributed by atoms with van der Waals surface area (Å²) in [5.74, 6) is -0.0382. The van der Waals surface area contributed by atoms with Crippen molar-refractivity contribution in [3.8, 4) is 0 Å². The molecule has 1 heterocycles. The Balaban J connectivity index is 1.69. The van der Waals surface area contributed by atoms with Crippen molar-refractivity contribution >= 4 is 39.9 Å². The van der Waals surface area contributed by atoms with Crippen LogP contribution in [0.3, 0.4) is 0 Å². The van der Waals surface area contributed by atoms with E-state index in [1.54, 1.807) is 16.5 Å². The zero-order chi connectivity index (χ0) is 19.1. The molecule has 1 aromatic carbocycles. The number of aromatic nitrogens is 1. The van der Waals surface area contributed by atoms with Crippen LogP contribution in [0.15, 0.2) is 41.9 Å². The maximum atomic E-state index is 13.1. The van der Waals surface area contributed by atoms with E-state index >= 15 is 0 Å². The van der Waals surface area contributed by atoms with E-state index in [1.807, 2.05) is 30.3 Å². The molecule has 1 saturated carbocycles. The highest BCUT2D eigenvalue weighted by molar-refractivity contribution is 7.13. The fourth-order valence-electron chi connectivity index (χ4n) is 3.46. The van der Waals surface area contributed by atoms with Crippen LogP contribution in [0.5, 0.6) is 0 Å². The fraction of sp³-hybridized carbons (Fsp3) is 0.450. The quantitative estimate of drug-likeness (QED) is 0.691. The number of hydrogen-bond donors (Lipinski definition) is 1. The van der Waals surface area contributed by atoms with Gasteiger partial charge in [0.25, 0.3) is 0 Å². The number of thiazole rings is 1. The molecule has 1 aliphatic rings. The Labute approximate surface area is 168 Å². The molecule has 0 radical (unpaired) electrons. The third kappa shape index (κ3) is 5.78. The summed E-state index contributed by atoms with van der Waals surface area (Å²) in [5, 5.41) is 4.30. The number of hydrogen-bond acceptors (Lipinski definition) is 4. The predicted molar refractivity (Wildman–Crippen MR) is 109 cm³/mol. The van der Waals surface area contributed by atoms with Gasteiger partial charge in [0.15, 0.2) is 5.13 Å². The van der Waals surface area contributed by atoms with Gasteiger partial charge in [-0.15, -0.1) is 22.9 Å². The van der Waals surface area contributed by atoms with Crippen LogP contribution >= 0.6 is 22.9 Å². The summed E-state index contributed by atoms with van der Waals surface area (Å²) in [5.41, 5.74) is 0.748. The maximum absolute atomic E-state index is 13.1. The van der Waals surface area contributed by atoms with Gasteiger partial charge < -0.3 is 10.2 Å². The second-order valence-electron chi connectivity index (χ2n) is 6.88. The Morgan fingerprint density at radius 1 is 1.22 bits per heavy atom. The first-order valence-corrected chi connectivity index (χ1v) is 10.6. The Hall–Kier alpha value is -1.92. The molecule has 0 spiro atoms. The lowest BCUT2D eigenvalue weighted by molar-refractivity contribution is -0.135. The average molecular weight is 406 g/mol. The van der Waals surface area contributed by atoms with Crippen molar-refractivity contribution < 1.29 is 9.59 Å². The van der Waals surface area contributed by atoms with E-state index in [9.17, 15) is 9.59 Å². The lowest BCUT2D eigenvalue weighted by atomic mass is 9.89. The van der Waals surface area contributed by atoms with Gasteiger partial charge in [-0.05, 0) is 24.3 Å². The molecule has 1 aromatic heterocycles. The first kappa shape index (κ1) is 19.8. The Kier molecular flexibility index (Phi) is 7.24. The minimum atomic E-state index is -0.789. The topological polar surface area (TPSA) is 62.3 Å². The molecule has 7 heteroatoms. The van der Waals surface area contributed by atoms with Crippen molar-refractivity contribution in [3.05, 3.63) is 47.5 Å². The number of carbonyl (C=O) groups excluding carboxylic acids is 2. The zero-order valence-corrected chi connectivity index (χ0v) is 16.7. The number of nitrogens with zero attached hydrogens (tertiary/aromatic N) is 2. The van der Waals surface area contributed by atoms with Gasteiger partial charge in [0, 0.05) is 18.1 Å². The van der Waals surface area contributed by atoms with E-state index < -0.39 is 5.38 Å². The average Bonchev–Trinajstić information content (AvgIpc) is 3.20. The third-order valence-corrected chi connectivity index (χ3v) is 5.96. The predicted octanol–water partition coefficient (Wildman–Crippen LogP) is 4.47. The van der Waals surface area contributed by atoms with Crippen LogP contribution in [-0.4, -0.2) is 34.8 Å². The van der Waals surface area contributed by atoms with Gasteiger partial charge in [-0.1, -0.05) is 49.6 Å². The van der Waals surface area contributed by atoms with Crippen LogP contribution in [0.25, 0.3) is 0 Å². The first-order valence-electron chi connectivity index (χ1n) is 9.30. The van der Waals surface area contributed by atoms with Crippen molar-refractivity contribution in [1.82, 2.24) is 9.88 Å². The second kappa shape index (κ2) is 9.85. The molecule has 1 N–H and O–H groups in total. The van der Waals surface area contributed by atoms with E-state index in [0.717, 1.165) is 18.4 Å². The lowest BCUT2D eigenvalue weighted by Gasteiger charge is -2.30. The number of alkyl halides is 1. The van der Waals surface area contributed by atoms with Gasteiger partial charge in [0.05, 0.1) is 6.54 Å². The molecule has 1 aliphatic carbocycles. The Morgan fingerprint density at radius 3 is 2.63 bits per heavy atom. The van der Waals surface area contributed by atoms with E-state index in [4.69, 9.17) is 11.6 Å². The number of benzene rings is 1. The number of anilines is 1. The molecule has 27 heavy (non-hydrogen) atoms. The summed E-state index contributed by atoms with van der Waals surface area (Å²) < 4.78 is 0. The van der Waals surface area contributed by atoms with Crippen molar-refractivity contribution in [2.45, 2.75) is 37.5 Å². The minimum Gasteiger partial charge on any atom is -0.332 e. The Morgan fingerprint density at radius 2 is 1.96 bits per heavy atom. The summed E-state index contributed by atoms with van der Waals surface area (Å²) in [6.07, 6.45) is 7.43.